The number of aliphatic hydroxyl groups is 1. The molecule has 48 heavy (non-hydrogen) atoms. The van der Waals surface area contributed by atoms with E-state index in [4.69, 9.17) is 42.8 Å². The average molecular weight is 711 g/mol. The van der Waals surface area contributed by atoms with Gasteiger partial charge in [0, 0.05) is 36.5 Å². The fourth-order valence-electron chi connectivity index (χ4n) is 8.06. The molecule has 5 unspecified atom stereocenters. The van der Waals surface area contributed by atoms with E-state index in [1.54, 1.807) is 40.2 Å². The number of methoxy groups -OCH3 is 4. The van der Waals surface area contributed by atoms with Crippen LogP contribution in [0.4, 0.5) is 0 Å². The van der Waals surface area contributed by atoms with Crippen LogP contribution in [0, 0.1) is 11.8 Å². The van der Waals surface area contributed by atoms with E-state index < -0.39 is 6.10 Å². The molecule has 10 heteroatoms. The van der Waals surface area contributed by atoms with Crippen molar-refractivity contribution < 1.29 is 24.1 Å². The second-order valence-corrected chi connectivity index (χ2v) is 15.2. The lowest BCUT2D eigenvalue weighted by atomic mass is 9.72. The number of hydrogen-bond acceptors (Lipinski definition) is 8. The third kappa shape index (κ3) is 7.13. The first-order valence-corrected chi connectivity index (χ1v) is 18.7. The minimum atomic E-state index is -0.638. The van der Waals surface area contributed by atoms with Crippen LogP contribution >= 0.6 is 35.6 Å². The van der Waals surface area contributed by atoms with Gasteiger partial charge in [-0.25, -0.2) is 0 Å². The Balaban J connectivity index is 1.30. The molecule has 3 aromatic carbocycles. The van der Waals surface area contributed by atoms with Crippen LogP contribution in [0.3, 0.4) is 0 Å². The van der Waals surface area contributed by atoms with Crippen molar-refractivity contribution in [3.05, 3.63) is 81.4 Å². The van der Waals surface area contributed by atoms with E-state index in [2.05, 4.69) is 41.0 Å². The quantitative estimate of drug-likeness (QED) is 0.211. The second-order valence-electron chi connectivity index (χ2n) is 13.1. The molecule has 258 valence electrons. The van der Waals surface area contributed by atoms with E-state index in [1.165, 1.54) is 22.3 Å². The number of aliphatic hydroxyl groups excluding tert-OH is 1. The summed E-state index contributed by atoms with van der Waals surface area (Å²) < 4.78 is 23.8. The first-order chi connectivity index (χ1) is 23.3. The molecule has 0 radical (unpaired) electrons. The molecular weight excluding hydrogens is 664 g/mol. The minimum Gasteiger partial charge on any atom is -0.493 e. The Morgan fingerprint density at radius 3 is 2.08 bits per heavy atom. The number of ether oxygens (including phenoxy) is 4. The minimum absolute atomic E-state index is 0.0836. The van der Waals surface area contributed by atoms with E-state index in [1.807, 2.05) is 24.3 Å². The molecule has 0 bridgehead atoms. The summed E-state index contributed by atoms with van der Waals surface area (Å²) >= 11 is 13.8. The third-order valence-electron chi connectivity index (χ3n) is 10.7. The van der Waals surface area contributed by atoms with E-state index in [9.17, 15) is 5.11 Å². The van der Waals surface area contributed by atoms with E-state index in [0.29, 0.717) is 28.7 Å². The fourth-order valence-corrected chi connectivity index (χ4v) is 9.48. The highest BCUT2D eigenvalue weighted by molar-refractivity contribution is 8.22. The largest absolute Gasteiger partial charge is 0.493 e. The van der Waals surface area contributed by atoms with Gasteiger partial charge in [0.25, 0.3) is 0 Å². The first kappa shape index (κ1) is 35.1. The fraction of sp³-hybridized carbons (Fsp3) is 0.500. The molecule has 3 heterocycles. The highest BCUT2D eigenvalue weighted by Crippen LogP contribution is 2.49. The normalized spacial score (nSPS) is 22.6. The molecule has 6 rings (SSSR count). The first-order valence-electron chi connectivity index (χ1n) is 16.9. The van der Waals surface area contributed by atoms with Gasteiger partial charge in [-0.1, -0.05) is 61.1 Å². The van der Waals surface area contributed by atoms with Gasteiger partial charge in [-0.15, -0.1) is 0 Å². The van der Waals surface area contributed by atoms with Gasteiger partial charge in [0.05, 0.1) is 40.6 Å². The van der Waals surface area contributed by atoms with Crippen molar-refractivity contribution in [2.45, 2.75) is 57.2 Å². The Bertz CT molecular complexity index is 1600. The molecule has 0 spiro atoms. The summed E-state index contributed by atoms with van der Waals surface area (Å²) in [5.41, 5.74) is 6.11. The monoisotopic (exact) mass is 710 g/mol. The van der Waals surface area contributed by atoms with Crippen molar-refractivity contribution in [3.8, 4) is 23.0 Å². The van der Waals surface area contributed by atoms with Crippen molar-refractivity contribution in [2.75, 3.05) is 53.8 Å². The molecule has 3 aliphatic heterocycles. The maximum atomic E-state index is 11.0. The standard InChI is InChI=1S/C38H47ClN2O5S2/c1-6-23-21-40-13-11-25-17-34(43-2)36(45-4)19-29(25)31(40)15-27(23)16-32-30-20-37(46-5)35(44-3)18-26(30)12-14-41(32)38(47)48-22-33(42)24-7-9-28(39)10-8-24/h7-10,17-20,23,27,31-33,42H,6,11-16,21-22H2,1-5H3. The van der Waals surface area contributed by atoms with Crippen molar-refractivity contribution >= 4 is 39.9 Å². The Kier molecular flexibility index (Phi) is 11.3. The van der Waals surface area contributed by atoms with E-state index in [0.717, 1.165) is 84.6 Å². The lowest BCUT2D eigenvalue weighted by Crippen LogP contribution is -2.47. The lowest BCUT2D eigenvalue weighted by Gasteiger charge is -2.49. The molecule has 0 aromatic heterocycles. The molecule has 0 saturated carbocycles. The molecular formula is C38H47ClN2O5S2. The molecule has 1 fully saturated rings. The van der Waals surface area contributed by atoms with E-state index in [-0.39, 0.29) is 6.04 Å². The number of hydrogen-bond donors (Lipinski definition) is 1. The van der Waals surface area contributed by atoms with Gasteiger partial charge < -0.3 is 29.0 Å². The zero-order valence-corrected chi connectivity index (χ0v) is 30.9. The molecule has 5 atom stereocenters. The van der Waals surface area contributed by atoms with Gasteiger partial charge in [-0.05, 0) is 102 Å². The highest BCUT2D eigenvalue weighted by Gasteiger charge is 2.42. The van der Waals surface area contributed by atoms with E-state index >= 15 is 0 Å². The maximum Gasteiger partial charge on any atom is 0.161 e. The van der Waals surface area contributed by atoms with Gasteiger partial charge in [-0.3, -0.25) is 4.90 Å². The molecule has 1 saturated heterocycles. The molecule has 1 N–H and O–H groups in total. The molecule has 0 amide bonds. The van der Waals surface area contributed by atoms with Crippen LogP contribution in [0.15, 0.2) is 48.5 Å². The van der Waals surface area contributed by atoms with Crippen LogP contribution in [-0.2, 0) is 12.8 Å². The molecule has 7 nitrogen and oxygen atoms in total. The van der Waals surface area contributed by atoms with Crippen molar-refractivity contribution in [1.82, 2.24) is 9.80 Å². The van der Waals surface area contributed by atoms with Crippen LogP contribution in [0.2, 0.25) is 5.02 Å². The summed E-state index contributed by atoms with van der Waals surface area (Å²) in [7, 11) is 6.82. The lowest BCUT2D eigenvalue weighted by molar-refractivity contribution is 0.0381. The van der Waals surface area contributed by atoms with Crippen molar-refractivity contribution in [3.63, 3.8) is 0 Å². The Morgan fingerprint density at radius 1 is 0.875 bits per heavy atom. The molecule has 0 aliphatic carbocycles. The van der Waals surface area contributed by atoms with Crippen LogP contribution < -0.4 is 18.9 Å². The number of rotatable bonds is 10. The number of nitrogens with zero attached hydrogens (tertiary/aromatic N) is 2. The highest BCUT2D eigenvalue weighted by atomic mass is 35.5. The maximum absolute atomic E-state index is 11.0. The summed E-state index contributed by atoms with van der Waals surface area (Å²) in [6.45, 7) is 5.29. The Labute approximate surface area is 299 Å². The SMILES string of the molecule is CCC1CN2CCc3cc(OC)c(OC)cc3C2CC1CC1c2cc(OC)c(OC)cc2CCN1C(=S)SCC(O)c1ccc(Cl)cc1. The van der Waals surface area contributed by atoms with Crippen LogP contribution in [0.5, 0.6) is 23.0 Å². The van der Waals surface area contributed by atoms with Gasteiger partial charge in [0.15, 0.2) is 23.0 Å². The molecule has 3 aromatic rings. The molecule has 3 aliphatic rings. The number of benzene rings is 3. The summed E-state index contributed by atoms with van der Waals surface area (Å²) in [4.78, 5) is 5.10. The number of thiocarbonyl (C=S) groups is 1. The number of thioether (sulfide) groups is 1. The topological polar surface area (TPSA) is 63.6 Å². The average Bonchev–Trinajstić information content (AvgIpc) is 3.12. The predicted octanol–water partition coefficient (Wildman–Crippen LogP) is 8.06. The van der Waals surface area contributed by atoms with Crippen molar-refractivity contribution in [1.29, 1.82) is 0 Å². The van der Waals surface area contributed by atoms with Gasteiger partial charge in [0.2, 0.25) is 0 Å². The summed E-state index contributed by atoms with van der Waals surface area (Å²) in [6, 6.07) is 16.5. The summed E-state index contributed by atoms with van der Waals surface area (Å²) in [5, 5.41) is 11.7. The number of piperidine rings is 1. The smallest absolute Gasteiger partial charge is 0.161 e. The van der Waals surface area contributed by atoms with Gasteiger partial charge in [0.1, 0.15) is 4.32 Å². The predicted molar refractivity (Wildman–Crippen MR) is 198 cm³/mol. The van der Waals surface area contributed by atoms with Crippen LogP contribution in [-0.4, -0.2) is 73.1 Å². The second kappa shape index (κ2) is 15.5. The van der Waals surface area contributed by atoms with Crippen LogP contribution in [0.1, 0.15) is 72.2 Å². The zero-order valence-electron chi connectivity index (χ0n) is 28.5. The number of fused-ring (bicyclic) bond motifs is 4. The summed E-state index contributed by atoms with van der Waals surface area (Å²) in [6.07, 6.45) is 4.43. The van der Waals surface area contributed by atoms with Crippen LogP contribution in [0.25, 0.3) is 0 Å². The van der Waals surface area contributed by atoms with Gasteiger partial charge >= 0.3 is 0 Å². The number of halogens is 1. The summed E-state index contributed by atoms with van der Waals surface area (Å²) in [5.74, 6) is 4.62. The van der Waals surface area contributed by atoms with Gasteiger partial charge in [-0.2, -0.15) is 0 Å². The Morgan fingerprint density at radius 2 is 1.46 bits per heavy atom. The zero-order chi connectivity index (χ0) is 33.9. The van der Waals surface area contributed by atoms with Crippen molar-refractivity contribution in [2.24, 2.45) is 11.8 Å². The Hall–Kier alpha value is -2.69. The third-order valence-corrected chi connectivity index (χ3v) is 12.5.